The second-order valence-corrected chi connectivity index (χ2v) is 5.36. The van der Waals surface area contributed by atoms with E-state index in [-0.39, 0.29) is 23.7 Å². The number of carbonyl (C=O) groups excluding carboxylic acids is 1. The van der Waals surface area contributed by atoms with E-state index in [1.54, 1.807) is 24.7 Å². The Morgan fingerprint density at radius 3 is 2.60 bits per heavy atom. The Kier molecular flexibility index (Phi) is 5.09. The van der Waals surface area contributed by atoms with Crippen molar-refractivity contribution in [1.29, 1.82) is 0 Å². The summed E-state index contributed by atoms with van der Waals surface area (Å²) in [5.74, 6) is -0.391. The third-order valence-corrected chi connectivity index (χ3v) is 3.82. The van der Waals surface area contributed by atoms with Crippen LogP contribution in [-0.4, -0.2) is 18.2 Å². The van der Waals surface area contributed by atoms with Crippen molar-refractivity contribution in [1.82, 2.24) is 5.48 Å². The highest BCUT2D eigenvalue weighted by molar-refractivity contribution is 5.77. The van der Waals surface area contributed by atoms with Crippen molar-refractivity contribution in [3.8, 4) is 0 Å². The minimum atomic E-state index is -0.374. The van der Waals surface area contributed by atoms with Crippen LogP contribution in [0.25, 0.3) is 0 Å². The number of benzene rings is 1. The summed E-state index contributed by atoms with van der Waals surface area (Å²) in [6, 6.07) is 6.08. The lowest BCUT2D eigenvalue weighted by Crippen LogP contribution is -2.29. The molecule has 0 saturated heterocycles. The quantitative estimate of drug-likeness (QED) is 0.597. The highest BCUT2D eigenvalue weighted by Gasteiger charge is 2.31. The molecule has 0 spiro atoms. The number of carbonyl (C=O) groups is 1. The lowest BCUT2D eigenvalue weighted by Gasteiger charge is -2.21. The minimum Gasteiger partial charge on any atom is -0.377 e. The average molecular weight is 281 g/mol. The van der Waals surface area contributed by atoms with Crippen LogP contribution in [0, 0.1) is 17.7 Å². The molecule has 4 nitrogen and oxygen atoms in total. The van der Waals surface area contributed by atoms with Gasteiger partial charge in [-0.1, -0.05) is 25.0 Å². The zero-order chi connectivity index (χ0) is 14.5. The van der Waals surface area contributed by atoms with Gasteiger partial charge < -0.3 is 4.74 Å². The summed E-state index contributed by atoms with van der Waals surface area (Å²) in [5.41, 5.74) is 2.57. The standard InChI is InChI=1S/C15H20FNO3/c1-20-14(11-4-6-13(16)7-5-11)9-12(15(18)17-19)8-10-2-3-10/h4-7,10,12,14,19H,2-3,8-9H2,1H3,(H,17,18)/t12-,14+/m0/s1. The van der Waals surface area contributed by atoms with Gasteiger partial charge >= 0.3 is 0 Å². The molecular weight excluding hydrogens is 261 g/mol. The summed E-state index contributed by atoms with van der Waals surface area (Å²) in [6.45, 7) is 0. The van der Waals surface area contributed by atoms with Gasteiger partial charge in [0.1, 0.15) is 5.82 Å². The molecule has 1 aromatic carbocycles. The molecule has 0 radical (unpaired) electrons. The summed E-state index contributed by atoms with van der Waals surface area (Å²) in [7, 11) is 1.57. The molecule has 1 aliphatic carbocycles. The monoisotopic (exact) mass is 281 g/mol. The van der Waals surface area contributed by atoms with E-state index in [1.165, 1.54) is 12.1 Å². The number of amides is 1. The van der Waals surface area contributed by atoms with Gasteiger partial charge in [0.2, 0.25) is 5.91 Å². The number of halogens is 1. The first-order valence-electron chi connectivity index (χ1n) is 6.86. The van der Waals surface area contributed by atoms with Crippen LogP contribution in [0.5, 0.6) is 0 Å². The first-order chi connectivity index (χ1) is 9.63. The molecule has 20 heavy (non-hydrogen) atoms. The molecule has 0 bridgehead atoms. The highest BCUT2D eigenvalue weighted by atomic mass is 19.1. The molecule has 2 rings (SSSR count). The number of rotatable bonds is 7. The van der Waals surface area contributed by atoms with Crippen molar-refractivity contribution in [2.24, 2.45) is 11.8 Å². The predicted octanol–water partition coefficient (Wildman–Crippen LogP) is 2.83. The smallest absolute Gasteiger partial charge is 0.246 e. The molecule has 2 N–H and O–H groups in total. The lowest BCUT2D eigenvalue weighted by atomic mass is 9.91. The molecule has 0 heterocycles. The Balaban J connectivity index is 2.04. The fourth-order valence-electron chi connectivity index (χ4n) is 2.46. The van der Waals surface area contributed by atoms with Crippen LogP contribution >= 0.6 is 0 Å². The number of hydrogen-bond donors (Lipinski definition) is 2. The summed E-state index contributed by atoms with van der Waals surface area (Å²) < 4.78 is 18.4. The van der Waals surface area contributed by atoms with Crippen molar-refractivity contribution in [3.63, 3.8) is 0 Å². The second kappa shape index (κ2) is 6.81. The predicted molar refractivity (Wildman–Crippen MR) is 71.5 cm³/mol. The van der Waals surface area contributed by atoms with E-state index in [4.69, 9.17) is 9.94 Å². The molecule has 110 valence electrons. The molecule has 1 aromatic rings. The highest BCUT2D eigenvalue weighted by Crippen LogP contribution is 2.38. The largest absolute Gasteiger partial charge is 0.377 e. The normalized spacial score (nSPS) is 17.6. The van der Waals surface area contributed by atoms with Crippen molar-refractivity contribution < 1.29 is 19.1 Å². The van der Waals surface area contributed by atoms with Crippen molar-refractivity contribution in [2.75, 3.05) is 7.11 Å². The fraction of sp³-hybridized carbons (Fsp3) is 0.533. The number of nitrogens with one attached hydrogen (secondary N) is 1. The Morgan fingerprint density at radius 1 is 1.45 bits per heavy atom. The maximum Gasteiger partial charge on any atom is 0.246 e. The number of hydroxylamine groups is 1. The van der Waals surface area contributed by atoms with Gasteiger partial charge in [-0.05, 0) is 36.5 Å². The van der Waals surface area contributed by atoms with Crippen molar-refractivity contribution in [3.05, 3.63) is 35.6 Å². The van der Waals surface area contributed by atoms with Crippen LogP contribution in [0.4, 0.5) is 4.39 Å². The fourth-order valence-corrected chi connectivity index (χ4v) is 2.46. The summed E-state index contributed by atoms with van der Waals surface area (Å²) in [6.07, 6.45) is 3.24. The van der Waals surface area contributed by atoms with Crippen LogP contribution in [-0.2, 0) is 9.53 Å². The minimum absolute atomic E-state index is 0.281. The van der Waals surface area contributed by atoms with Crippen molar-refractivity contribution >= 4 is 5.91 Å². The molecule has 0 aromatic heterocycles. The van der Waals surface area contributed by atoms with Gasteiger partial charge in [-0.25, -0.2) is 9.87 Å². The van der Waals surface area contributed by atoms with Crippen LogP contribution in [0.2, 0.25) is 0 Å². The third kappa shape index (κ3) is 4.02. The van der Waals surface area contributed by atoms with Gasteiger partial charge in [0, 0.05) is 13.0 Å². The van der Waals surface area contributed by atoms with Crippen LogP contribution in [0.1, 0.15) is 37.4 Å². The SMILES string of the molecule is CO[C@H](C[C@H](CC1CC1)C(=O)NO)c1ccc(F)cc1. The summed E-state index contributed by atoms with van der Waals surface area (Å²) >= 11 is 0. The van der Waals surface area contributed by atoms with E-state index in [0.717, 1.165) is 24.8 Å². The molecule has 2 atom stereocenters. The third-order valence-electron chi connectivity index (χ3n) is 3.82. The zero-order valence-corrected chi connectivity index (χ0v) is 11.5. The molecule has 5 heteroatoms. The average Bonchev–Trinajstić information content (AvgIpc) is 3.27. The number of methoxy groups -OCH3 is 1. The van der Waals surface area contributed by atoms with Gasteiger partial charge in [0.05, 0.1) is 6.10 Å². The van der Waals surface area contributed by atoms with Gasteiger partial charge in [-0.2, -0.15) is 0 Å². The van der Waals surface area contributed by atoms with Crippen molar-refractivity contribution in [2.45, 2.75) is 31.8 Å². The molecular formula is C15H20FNO3. The van der Waals surface area contributed by atoms with E-state index >= 15 is 0 Å². The molecule has 0 unspecified atom stereocenters. The van der Waals surface area contributed by atoms with E-state index in [0.29, 0.717) is 12.3 Å². The van der Waals surface area contributed by atoms with E-state index in [9.17, 15) is 9.18 Å². The first kappa shape index (κ1) is 14.9. The molecule has 0 aliphatic heterocycles. The van der Waals surface area contributed by atoms with E-state index in [2.05, 4.69) is 0 Å². The first-order valence-corrected chi connectivity index (χ1v) is 6.86. The maximum absolute atomic E-state index is 12.9. The van der Waals surface area contributed by atoms with Gasteiger partial charge in [-0.15, -0.1) is 0 Å². The van der Waals surface area contributed by atoms with E-state index < -0.39 is 0 Å². The topological polar surface area (TPSA) is 58.6 Å². The summed E-state index contributed by atoms with van der Waals surface area (Å²) in [5, 5.41) is 8.84. The maximum atomic E-state index is 12.9. The molecule has 1 amide bonds. The van der Waals surface area contributed by atoms with E-state index in [1.807, 2.05) is 0 Å². The Hall–Kier alpha value is -1.46. The Labute approximate surface area is 117 Å². The zero-order valence-electron chi connectivity index (χ0n) is 11.5. The Bertz CT molecular complexity index is 445. The van der Waals surface area contributed by atoms with Crippen LogP contribution < -0.4 is 5.48 Å². The van der Waals surface area contributed by atoms with Gasteiger partial charge in [-0.3, -0.25) is 10.0 Å². The molecule has 1 saturated carbocycles. The Morgan fingerprint density at radius 2 is 2.10 bits per heavy atom. The molecule has 1 aliphatic rings. The van der Waals surface area contributed by atoms with Gasteiger partial charge in [0.25, 0.3) is 0 Å². The van der Waals surface area contributed by atoms with Crippen LogP contribution in [0.3, 0.4) is 0 Å². The lowest BCUT2D eigenvalue weighted by molar-refractivity contribution is -0.135. The summed E-state index contributed by atoms with van der Waals surface area (Å²) in [4.78, 5) is 11.7. The van der Waals surface area contributed by atoms with Gasteiger partial charge in [0.15, 0.2) is 0 Å². The van der Waals surface area contributed by atoms with Crippen LogP contribution in [0.15, 0.2) is 24.3 Å². The second-order valence-electron chi connectivity index (χ2n) is 5.36. The number of ether oxygens (including phenoxy) is 1. The molecule has 1 fully saturated rings. The number of hydrogen-bond acceptors (Lipinski definition) is 3.